The predicted octanol–water partition coefficient (Wildman–Crippen LogP) is 3.92. The molecule has 0 aliphatic carbocycles. The molecule has 0 radical (unpaired) electrons. The minimum absolute atomic E-state index is 0.560. The number of nitrogens with two attached hydrogens (primary N) is 1. The average Bonchev–Trinajstić information content (AvgIpc) is 2.92. The van der Waals surface area contributed by atoms with Crippen LogP contribution in [0.15, 0.2) is 53.1 Å². The SMILES string of the molecule is COc1ccc(Br)c(Cn2ccc3c(CN)cccc32)c1. The summed E-state index contributed by atoms with van der Waals surface area (Å²) >= 11 is 3.61. The minimum Gasteiger partial charge on any atom is -0.497 e. The van der Waals surface area contributed by atoms with E-state index in [4.69, 9.17) is 10.5 Å². The van der Waals surface area contributed by atoms with Gasteiger partial charge in [-0.1, -0.05) is 28.1 Å². The Morgan fingerprint density at radius 1 is 1.14 bits per heavy atom. The second kappa shape index (κ2) is 5.92. The third-order valence-corrected chi connectivity index (χ3v) is 4.49. The minimum atomic E-state index is 0.560. The normalized spacial score (nSPS) is 11.0. The van der Waals surface area contributed by atoms with Crippen molar-refractivity contribution in [2.75, 3.05) is 7.11 Å². The average molecular weight is 345 g/mol. The fourth-order valence-corrected chi connectivity index (χ4v) is 2.96. The van der Waals surface area contributed by atoms with Crippen LogP contribution < -0.4 is 10.5 Å². The molecule has 0 saturated carbocycles. The Hall–Kier alpha value is -1.78. The molecule has 4 heteroatoms. The third kappa shape index (κ3) is 2.69. The van der Waals surface area contributed by atoms with Crippen LogP contribution in [0.25, 0.3) is 10.9 Å². The van der Waals surface area contributed by atoms with Gasteiger partial charge in [0.1, 0.15) is 5.75 Å². The van der Waals surface area contributed by atoms with Crippen LogP contribution in [-0.2, 0) is 13.1 Å². The highest BCUT2D eigenvalue weighted by atomic mass is 79.9. The smallest absolute Gasteiger partial charge is 0.119 e. The van der Waals surface area contributed by atoms with Gasteiger partial charge < -0.3 is 15.0 Å². The molecule has 0 atom stereocenters. The maximum absolute atomic E-state index is 5.81. The van der Waals surface area contributed by atoms with Crippen molar-refractivity contribution in [2.45, 2.75) is 13.1 Å². The number of halogens is 1. The van der Waals surface area contributed by atoms with E-state index in [0.29, 0.717) is 6.54 Å². The molecule has 2 aromatic carbocycles. The molecule has 0 bridgehead atoms. The second-order valence-corrected chi connectivity index (χ2v) is 5.81. The summed E-state index contributed by atoms with van der Waals surface area (Å²) in [5, 5.41) is 1.22. The van der Waals surface area contributed by atoms with E-state index in [9.17, 15) is 0 Å². The summed E-state index contributed by atoms with van der Waals surface area (Å²) in [4.78, 5) is 0. The van der Waals surface area contributed by atoms with Crippen LogP contribution >= 0.6 is 15.9 Å². The lowest BCUT2D eigenvalue weighted by Gasteiger charge is -2.10. The lowest BCUT2D eigenvalue weighted by molar-refractivity contribution is 0.414. The molecular weight excluding hydrogens is 328 g/mol. The molecule has 108 valence electrons. The number of benzene rings is 2. The van der Waals surface area contributed by atoms with E-state index in [1.165, 1.54) is 22.0 Å². The van der Waals surface area contributed by atoms with Crippen molar-refractivity contribution in [1.82, 2.24) is 4.57 Å². The first-order chi connectivity index (χ1) is 10.2. The molecule has 1 aromatic heterocycles. The van der Waals surface area contributed by atoms with E-state index in [1.54, 1.807) is 7.11 Å². The molecule has 0 aliphatic heterocycles. The van der Waals surface area contributed by atoms with Gasteiger partial charge in [0.05, 0.1) is 7.11 Å². The first kappa shape index (κ1) is 14.2. The summed E-state index contributed by atoms with van der Waals surface area (Å²) in [6.45, 7) is 1.35. The standard InChI is InChI=1S/C17H17BrN2O/c1-21-14-5-6-16(18)13(9-14)11-20-8-7-15-12(10-19)3-2-4-17(15)20/h2-9H,10-11,19H2,1H3. The van der Waals surface area contributed by atoms with Crippen molar-refractivity contribution in [2.24, 2.45) is 5.73 Å². The van der Waals surface area contributed by atoms with Crippen LogP contribution in [0.3, 0.4) is 0 Å². The molecule has 0 saturated heterocycles. The Bertz CT molecular complexity index is 780. The topological polar surface area (TPSA) is 40.2 Å². The van der Waals surface area contributed by atoms with E-state index in [-0.39, 0.29) is 0 Å². The summed E-state index contributed by atoms with van der Waals surface area (Å²) in [6, 6.07) is 14.4. The van der Waals surface area contributed by atoms with Crippen LogP contribution in [0.5, 0.6) is 5.75 Å². The summed E-state index contributed by atoms with van der Waals surface area (Å²) in [7, 11) is 1.69. The molecule has 3 aromatic rings. The van der Waals surface area contributed by atoms with Gasteiger partial charge in [-0.15, -0.1) is 0 Å². The van der Waals surface area contributed by atoms with Crippen molar-refractivity contribution in [3.63, 3.8) is 0 Å². The van der Waals surface area contributed by atoms with E-state index < -0.39 is 0 Å². The van der Waals surface area contributed by atoms with Crippen LogP contribution in [0.2, 0.25) is 0 Å². The third-order valence-electron chi connectivity index (χ3n) is 3.72. The summed E-state index contributed by atoms with van der Waals surface area (Å²) in [5.41, 5.74) is 9.37. The van der Waals surface area contributed by atoms with Gasteiger partial charge in [-0.2, -0.15) is 0 Å². The van der Waals surface area contributed by atoms with Crippen molar-refractivity contribution in [3.8, 4) is 5.75 Å². The zero-order valence-corrected chi connectivity index (χ0v) is 13.4. The predicted molar refractivity (Wildman–Crippen MR) is 89.6 cm³/mol. The molecule has 0 unspecified atom stereocenters. The maximum atomic E-state index is 5.81. The van der Waals surface area contributed by atoms with Gasteiger partial charge >= 0.3 is 0 Å². The van der Waals surface area contributed by atoms with Gasteiger partial charge in [0.15, 0.2) is 0 Å². The Morgan fingerprint density at radius 3 is 2.76 bits per heavy atom. The van der Waals surface area contributed by atoms with Gasteiger partial charge in [0.25, 0.3) is 0 Å². The number of fused-ring (bicyclic) bond motifs is 1. The number of methoxy groups -OCH3 is 1. The summed E-state index contributed by atoms with van der Waals surface area (Å²) in [5.74, 6) is 0.868. The maximum Gasteiger partial charge on any atom is 0.119 e. The molecule has 1 heterocycles. The fraction of sp³-hybridized carbons (Fsp3) is 0.176. The molecule has 21 heavy (non-hydrogen) atoms. The van der Waals surface area contributed by atoms with Gasteiger partial charge in [-0.05, 0) is 41.5 Å². The summed E-state index contributed by atoms with van der Waals surface area (Å²) in [6.07, 6.45) is 2.11. The lowest BCUT2D eigenvalue weighted by atomic mass is 10.1. The Kier molecular flexibility index (Phi) is 3.99. The zero-order valence-electron chi connectivity index (χ0n) is 11.8. The largest absolute Gasteiger partial charge is 0.497 e. The van der Waals surface area contributed by atoms with Gasteiger partial charge in [-0.3, -0.25) is 0 Å². The van der Waals surface area contributed by atoms with Crippen molar-refractivity contribution in [1.29, 1.82) is 0 Å². The number of rotatable bonds is 4. The molecule has 3 rings (SSSR count). The molecule has 0 spiro atoms. The highest BCUT2D eigenvalue weighted by molar-refractivity contribution is 9.10. The van der Waals surface area contributed by atoms with Gasteiger partial charge in [0, 0.05) is 34.7 Å². The quantitative estimate of drug-likeness (QED) is 0.779. The molecule has 0 amide bonds. The molecule has 2 N–H and O–H groups in total. The van der Waals surface area contributed by atoms with E-state index in [2.05, 4.69) is 57.0 Å². The fourth-order valence-electron chi connectivity index (χ4n) is 2.59. The first-order valence-corrected chi connectivity index (χ1v) is 7.61. The van der Waals surface area contributed by atoms with E-state index in [0.717, 1.165) is 16.8 Å². The van der Waals surface area contributed by atoms with Crippen molar-refractivity contribution >= 4 is 26.8 Å². The van der Waals surface area contributed by atoms with Crippen LogP contribution in [-0.4, -0.2) is 11.7 Å². The summed E-state index contributed by atoms with van der Waals surface area (Å²) < 4.78 is 8.62. The van der Waals surface area contributed by atoms with E-state index in [1.807, 2.05) is 12.1 Å². The number of hydrogen-bond donors (Lipinski definition) is 1. The Labute approximate surface area is 132 Å². The van der Waals surface area contributed by atoms with Crippen LogP contribution in [0, 0.1) is 0 Å². The number of aromatic nitrogens is 1. The molecule has 0 aliphatic rings. The second-order valence-electron chi connectivity index (χ2n) is 4.96. The highest BCUT2D eigenvalue weighted by Crippen LogP contribution is 2.26. The van der Waals surface area contributed by atoms with Gasteiger partial charge in [0.2, 0.25) is 0 Å². The van der Waals surface area contributed by atoms with E-state index >= 15 is 0 Å². The number of hydrogen-bond acceptors (Lipinski definition) is 2. The Balaban J connectivity index is 2.02. The Morgan fingerprint density at radius 2 is 2.00 bits per heavy atom. The number of nitrogens with zero attached hydrogens (tertiary/aromatic N) is 1. The molecular formula is C17H17BrN2O. The van der Waals surface area contributed by atoms with Gasteiger partial charge in [-0.25, -0.2) is 0 Å². The van der Waals surface area contributed by atoms with Crippen molar-refractivity contribution < 1.29 is 4.74 Å². The van der Waals surface area contributed by atoms with Crippen molar-refractivity contribution in [3.05, 3.63) is 64.3 Å². The van der Waals surface area contributed by atoms with Crippen LogP contribution in [0.4, 0.5) is 0 Å². The first-order valence-electron chi connectivity index (χ1n) is 6.82. The molecule has 3 nitrogen and oxygen atoms in total. The lowest BCUT2D eigenvalue weighted by Crippen LogP contribution is -2.00. The molecule has 0 fully saturated rings. The number of ether oxygens (including phenoxy) is 1. The monoisotopic (exact) mass is 344 g/mol. The highest BCUT2D eigenvalue weighted by Gasteiger charge is 2.08. The zero-order chi connectivity index (χ0) is 14.8. The van der Waals surface area contributed by atoms with Crippen LogP contribution in [0.1, 0.15) is 11.1 Å².